The van der Waals surface area contributed by atoms with Gasteiger partial charge in [-0.1, -0.05) is 0 Å². The maximum Gasteiger partial charge on any atom is 0.306 e. The van der Waals surface area contributed by atoms with E-state index >= 15 is 0 Å². The summed E-state index contributed by atoms with van der Waals surface area (Å²) in [7, 11) is -0.375. The van der Waals surface area contributed by atoms with E-state index in [9.17, 15) is 8.42 Å². The summed E-state index contributed by atoms with van der Waals surface area (Å²) in [5.41, 5.74) is 1.54. The summed E-state index contributed by atoms with van der Waals surface area (Å²) in [5.74, 6) is 1.64. The average molecular weight is 336 g/mol. The Labute approximate surface area is 136 Å². The lowest BCUT2D eigenvalue weighted by Gasteiger charge is -2.12. The van der Waals surface area contributed by atoms with Gasteiger partial charge in [-0.2, -0.15) is 8.42 Å². The smallest absolute Gasteiger partial charge is 0.306 e. The Morgan fingerprint density at radius 3 is 2.52 bits per heavy atom. The van der Waals surface area contributed by atoms with Gasteiger partial charge in [-0.3, -0.25) is 0 Å². The first-order valence-corrected chi connectivity index (χ1v) is 8.59. The lowest BCUT2D eigenvalue weighted by molar-refractivity contribution is 0.391. The fourth-order valence-corrected chi connectivity index (χ4v) is 2.42. The van der Waals surface area contributed by atoms with Crippen molar-refractivity contribution in [3.05, 3.63) is 48.0 Å². The molecular weight excluding hydrogens is 318 g/mol. The highest BCUT2D eigenvalue weighted by Gasteiger charge is 2.07. The van der Waals surface area contributed by atoms with Crippen LogP contribution in [-0.4, -0.2) is 28.9 Å². The molecule has 0 aliphatic heterocycles. The van der Waals surface area contributed by atoms with Crippen LogP contribution in [0.5, 0.6) is 17.2 Å². The third kappa shape index (κ3) is 5.07. The molecule has 0 aromatic heterocycles. The van der Waals surface area contributed by atoms with Crippen molar-refractivity contribution >= 4 is 15.8 Å². The largest absolute Gasteiger partial charge is 0.497 e. The van der Waals surface area contributed by atoms with Crippen LogP contribution in [0, 0.1) is 6.07 Å². The van der Waals surface area contributed by atoms with Gasteiger partial charge < -0.3 is 19.0 Å². The average Bonchev–Trinajstić information content (AvgIpc) is 2.51. The van der Waals surface area contributed by atoms with Crippen LogP contribution in [0.2, 0.25) is 0 Å². The van der Waals surface area contributed by atoms with Crippen LogP contribution in [0.4, 0.5) is 5.69 Å². The fourth-order valence-electron chi connectivity index (χ4n) is 1.96. The van der Waals surface area contributed by atoms with Crippen molar-refractivity contribution in [3.8, 4) is 17.2 Å². The number of anilines is 1. The Balaban J connectivity index is 2.10. The Morgan fingerprint density at radius 1 is 1.09 bits per heavy atom. The maximum atomic E-state index is 11.2. The molecule has 0 heterocycles. The molecule has 0 bridgehead atoms. The molecule has 2 rings (SSSR count). The molecule has 123 valence electrons. The predicted molar refractivity (Wildman–Crippen MR) is 87.6 cm³/mol. The molecule has 0 saturated carbocycles. The summed E-state index contributed by atoms with van der Waals surface area (Å²) in [6.45, 7) is 0.478. The van der Waals surface area contributed by atoms with E-state index < -0.39 is 10.1 Å². The zero-order valence-electron chi connectivity index (χ0n) is 13.1. The highest BCUT2D eigenvalue weighted by molar-refractivity contribution is 7.86. The van der Waals surface area contributed by atoms with Crippen LogP contribution in [0.1, 0.15) is 5.56 Å². The Morgan fingerprint density at radius 2 is 1.87 bits per heavy atom. The minimum atomic E-state index is -3.55. The SMILES string of the molecule is COc1ccc(CNc2[c]ccc(OS(C)(=O)=O)c2)c(OC)c1. The third-order valence-corrected chi connectivity index (χ3v) is 3.48. The zero-order valence-corrected chi connectivity index (χ0v) is 13.9. The highest BCUT2D eigenvalue weighted by atomic mass is 32.2. The first-order chi connectivity index (χ1) is 10.9. The molecule has 2 aromatic carbocycles. The van der Waals surface area contributed by atoms with E-state index in [2.05, 4.69) is 11.4 Å². The molecule has 0 aliphatic carbocycles. The normalized spacial score (nSPS) is 10.9. The van der Waals surface area contributed by atoms with Gasteiger partial charge in [-0.25, -0.2) is 0 Å². The van der Waals surface area contributed by atoms with Gasteiger partial charge in [0, 0.05) is 36.0 Å². The van der Waals surface area contributed by atoms with Crippen molar-refractivity contribution in [2.24, 2.45) is 0 Å². The van der Waals surface area contributed by atoms with Crippen LogP contribution < -0.4 is 19.0 Å². The summed E-state index contributed by atoms with van der Waals surface area (Å²) in [4.78, 5) is 0. The quantitative estimate of drug-likeness (QED) is 0.783. The molecule has 1 N–H and O–H groups in total. The third-order valence-electron chi connectivity index (χ3n) is 2.98. The molecule has 0 amide bonds. The van der Waals surface area contributed by atoms with Crippen LogP contribution in [-0.2, 0) is 16.7 Å². The lowest BCUT2D eigenvalue weighted by atomic mass is 10.2. The van der Waals surface area contributed by atoms with Gasteiger partial charge in [0.1, 0.15) is 17.2 Å². The van der Waals surface area contributed by atoms with Gasteiger partial charge in [0.05, 0.1) is 20.5 Å². The molecule has 2 aromatic rings. The van der Waals surface area contributed by atoms with Crippen molar-refractivity contribution < 1.29 is 22.1 Å². The van der Waals surface area contributed by atoms with Gasteiger partial charge in [-0.15, -0.1) is 0 Å². The summed E-state index contributed by atoms with van der Waals surface area (Å²) in [6.07, 6.45) is 0.999. The fraction of sp³-hybridized carbons (Fsp3) is 0.250. The van der Waals surface area contributed by atoms with E-state index in [0.717, 1.165) is 11.8 Å². The predicted octanol–water partition coefficient (Wildman–Crippen LogP) is 2.45. The molecule has 6 nitrogen and oxygen atoms in total. The summed E-state index contributed by atoms with van der Waals surface area (Å²) >= 11 is 0. The molecular formula is C16H18NO5S. The molecule has 1 radical (unpaired) electrons. The Hall–Kier alpha value is -2.41. The molecule has 23 heavy (non-hydrogen) atoms. The van der Waals surface area contributed by atoms with Crippen molar-refractivity contribution in [2.75, 3.05) is 25.8 Å². The Bertz CT molecular complexity index is 774. The number of methoxy groups -OCH3 is 2. The van der Waals surface area contributed by atoms with E-state index in [1.54, 1.807) is 32.4 Å². The van der Waals surface area contributed by atoms with Crippen LogP contribution in [0.3, 0.4) is 0 Å². The summed E-state index contributed by atoms with van der Waals surface area (Å²) in [6, 6.07) is 13.2. The zero-order chi connectivity index (χ0) is 16.9. The van der Waals surface area contributed by atoms with Crippen molar-refractivity contribution in [3.63, 3.8) is 0 Å². The number of hydrogen-bond acceptors (Lipinski definition) is 6. The first kappa shape index (κ1) is 17.0. The molecule has 0 unspecified atom stereocenters. The summed E-state index contributed by atoms with van der Waals surface area (Å²) in [5, 5.41) is 3.15. The second kappa shape index (κ2) is 7.23. The van der Waals surface area contributed by atoms with E-state index in [-0.39, 0.29) is 5.75 Å². The van der Waals surface area contributed by atoms with Crippen molar-refractivity contribution in [1.29, 1.82) is 0 Å². The van der Waals surface area contributed by atoms with Gasteiger partial charge in [0.2, 0.25) is 0 Å². The van der Waals surface area contributed by atoms with Gasteiger partial charge >= 0.3 is 10.1 Å². The van der Waals surface area contributed by atoms with Gasteiger partial charge in [0.25, 0.3) is 0 Å². The standard InChI is InChI=1S/C16H18NO5S/c1-20-14-8-7-12(16(10-14)21-2)11-17-13-5-4-6-15(9-13)22-23(3,18)19/h4,6-10,17H,11H2,1-3H3. The van der Waals surface area contributed by atoms with Crippen molar-refractivity contribution in [1.82, 2.24) is 0 Å². The van der Waals surface area contributed by atoms with Crippen LogP contribution in [0.15, 0.2) is 36.4 Å². The highest BCUT2D eigenvalue weighted by Crippen LogP contribution is 2.26. The topological polar surface area (TPSA) is 73.9 Å². The number of hydrogen-bond donors (Lipinski definition) is 1. The van der Waals surface area contributed by atoms with E-state index in [0.29, 0.717) is 23.7 Å². The lowest BCUT2D eigenvalue weighted by Crippen LogP contribution is -2.06. The van der Waals surface area contributed by atoms with Gasteiger partial charge in [0.15, 0.2) is 0 Å². The van der Waals surface area contributed by atoms with Crippen LogP contribution in [0.25, 0.3) is 0 Å². The van der Waals surface area contributed by atoms with E-state index in [4.69, 9.17) is 13.7 Å². The summed E-state index contributed by atoms with van der Waals surface area (Å²) < 4.78 is 37.6. The number of nitrogens with one attached hydrogen (secondary N) is 1. The van der Waals surface area contributed by atoms with Crippen LogP contribution >= 0.6 is 0 Å². The molecule has 0 fully saturated rings. The molecule has 0 saturated heterocycles. The minimum absolute atomic E-state index is 0.232. The van der Waals surface area contributed by atoms with E-state index in [1.807, 2.05) is 12.1 Å². The van der Waals surface area contributed by atoms with Crippen molar-refractivity contribution in [2.45, 2.75) is 6.54 Å². The van der Waals surface area contributed by atoms with Gasteiger partial charge in [-0.05, 0) is 24.3 Å². The second-order valence-electron chi connectivity index (χ2n) is 4.76. The number of benzene rings is 2. The first-order valence-electron chi connectivity index (χ1n) is 6.77. The molecule has 0 atom stereocenters. The number of rotatable bonds is 7. The molecule has 7 heteroatoms. The number of ether oxygens (including phenoxy) is 2. The van der Waals surface area contributed by atoms with E-state index in [1.165, 1.54) is 6.07 Å². The Kier molecular flexibility index (Phi) is 5.33. The molecule has 0 spiro atoms. The second-order valence-corrected chi connectivity index (χ2v) is 6.33. The monoisotopic (exact) mass is 336 g/mol. The molecule has 0 aliphatic rings. The minimum Gasteiger partial charge on any atom is -0.497 e. The maximum absolute atomic E-state index is 11.2.